The van der Waals surface area contributed by atoms with Gasteiger partial charge in [-0.25, -0.2) is 4.79 Å². The molecule has 146 valence electrons. The number of benzene rings is 1. The molecule has 1 N–H and O–H groups in total. The molecule has 2 aliphatic heterocycles. The summed E-state index contributed by atoms with van der Waals surface area (Å²) in [7, 11) is 0. The third-order valence-electron chi connectivity index (χ3n) is 5.30. The fourth-order valence-electron chi connectivity index (χ4n) is 3.92. The molecule has 2 aliphatic rings. The molecular formula is C21H24N4O3. The van der Waals surface area contributed by atoms with E-state index >= 15 is 0 Å². The maximum absolute atomic E-state index is 13.0. The van der Waals surface area contributed by atoms with Crippen LogP contribution in [0.15, 0.2) is 42.7 Å². The van der Waals surface area contributed by atoms with Gasteiger partial charge in [-0.3, -0.25) is 9.78 Å². The maximum atomic E-state index is 13.0. The summed E-state index contributed by atoms with van der Waals surface area (Å²) >= 11 is 0. The van der Waals surface area contributed by atoms with Crippen LogP contribution in [0.4, 0.5) is 16.2 Å². The Labute approximate surface area is 164 Å². The molecule has 1 atom stereocenters. The second-order valence-electron chi connectivity index (χ2n) is 7.03. The van der Waals surface area contributed by atoms with Gasteiger partial charge in [0.05, 0.1) is 11.7 Å². The summed E-state index contributed by atoms with van der Waals surface area (Å²) in [4.78, 5) is 32.8. The van der Waals surface area contributed by atoms with E-state index in [2.05, 4.69) is 10.3 Å². The van der Waals surface area contributed by atoms with Crippen LogP contribution in [0.2, 0.25) is 0 Å². The van der Waals surface area contributed by atoms with E-state index in [1.54, 1.807) is 23.2 Å². The number of hydrogen-bond acceptors (Lipinski definition) is 4. The molecule has 7 nitrogen and oxygen atoms in total. The molecule has 28 heavy (non-hydrogen) atoms. The number of urea groups is 1. The van der Waals surface area contributed by atoms with Crippen molar-refractivity contribution in [1.29, 1.82) is 0 Å². The van der Waals surface area contributed by atoms with Gasteiger partial charge in [-0.1, -0.05) is 6.07 Å². The summed E-state index contributed by atoms with van der Waals surface area (Å²) < 4.78 is 5.50. The number of carbonyl (C=O) groups is 2. The molecule has 0 saturated carbocycles. The first-order chi connectivity index (χ1) is 13.7. The predicted molar refractivity (Wildman–Crippen MR) is 107 cm³/mol. The highest BCUT2D eigenvalue weighted by molar-refractivity contribution is 5.99. The molecule has 4 rings (SSSR count). The van der Waals surface area contributed by atoms with Crippen molar-refractivity contribution in [2.75, 3.05) is 29.9 Å². The third-order valence-corrected chi connectivity index (χ3v) is 5.30. The zero-order valence-electron chi connectivity index (χ0n) is 15.9. The minimum atomic E-state index is -0.139. The summed E-state index contributed by atoms with van der Waals surface area (Å²) in [5.74, 6) is 0.580. The lowest BCUT2D eigenvalue weighted by atomic mass is 9.97. The van der Waals surface area contributed by atoms with E-state index in [0.717, 1.165) is 24.8 Å². The van der Waals surface area contributed by atoms with Gasteiger partial charge in [-0.2, -0.15) is 0 Å². The first-order valence-corrected chi connectivity index (χ1v) is 9.72. The Hall–Kier alpha value is -3.09. The van der Waals surface area contributed by atoms with Gasteiger partial charge in [0.1, 0.15) is 5.75 Å². The second-order valence-corrected chi connectivity index (χ2v) is 7.03. The lowest BCUT2D eigenvalue weighted by Crippen LogP contribution is -2.41. The normalized spacial score (nSPS) is 19.0. The number of rotatable bonds is 3. The van der Waals surface area contributed by atoms with Crippen molar-refractivity contribution in [1.82, 2.24) is 9.88 Å². The zero-order chi connectivity index (χ0) is 19.5. The summed E-state index contributed by atoms with van der Waals surface area (Å²) in [5, 5.41) is 2.99. The van der Waals surface area contributed by atoms with Crippen LogP contribution in [0.1, 0.15) is 37.8 Å². The quantitative estimate of drug-likeness (QED) is 0.883. The van der Waals surface area contributed by atoms with Crippen molar-refractivity contribution in [3.8, 4) is 5.75 Å². The molecule has 0 spiro atoms. The van der Waals surface area contributed by atoms with Crippen LogP contribution in [0, 0.1) is 0 Å². The van der Waals surface area contributed by atoms with E-state index in [1.807, 2.05) is 36.2 Å². The molecule has 1 saturated heterocycles. The number of likely N-dealkylation sites (N-methyl/N-ethyl adjacent to an activating group) is 1. The van der Waals surface area contributed by atoms with E-state index in [0.29, 0.717) is 30.2 Å². The number of carbonyl (C=O) groups excluding carboxylic acids is 2. The number of ether oxygens (including phenoxy) is 1. The number of pyridine rings is 1. The molecule has 0 aliphatic carbocycles. The van der Waals surface area contributed by atoms with E-state index < -0.39 is 0 Å². The van der Waals surface area contributed by atoms with E-state index in [1.165, 1.54) is 0 Å². The SMILES string of the molecule is CCN1C(=O)COc2ccc(NC(=O)N3CCCC[C@H]3c3cccnc3)cc21. The number of nitrogens with zero attached hydrogens (tertiary/aromatic N) is 3. The van der Waals surface area contributed by atoms with Gasteiger partial charge < -0.3 is 19.9 Å². The highest BCUT2D eigenvalue weighted by Crippen LogP contribution is 2.35. The van der Waals surface area contributed by atoms with Gasteiger partial charge in [0.15, 0.2) is 6.61 Å². The number of piperidine rings is 1. The molecule has 3 heterocycles. The largest absolute Gasteiger partial charge is 0.482 e. The van der Waals surface area contributed by atoms with E-state index in [-0.39, 0.29) is 24.6 Å². The standard InChI is InChI=1S/C21H24N4O3/c1-2-24-18-12-16(8-9-19(18)28-14-20(24)26)23-21(27)25-11-4-3-7-17(25)15-6-5-10-22-13-15/h5-6,8-10,12-13,17H,2-4,7,11,14H2,1H3,(H,23,27)/t17-/m0/s1. The van der Waals surface area contributed by atoms with Crippen LogP contribution >= 0.6 is 0 Å². The van der Waals surface area contributed by atoms with E-state index in [9.17, 15) is 9.59 Å². The van der Waals surface area contributed by atoms with Crippen LogP contribution in [0.5, 0.6) is 5.75 Å². The number of aromatic nitrogens is 1. The van der Waals surface area contributed by atoms with Gasteiger partial charge in [0, 0.05) is 31.2 Å². The fraction of sp³-hybridized carbons (Fsp3) is 0.381. The van der Waals surface area contributed by atoms with Gasteiger partial charge >= 0.3 is 6.03 Å². The van der Waals surface area contributed by atoms with E-state index in [4.69, 9.17) is 4.74 Å². The molecule has 0 radical (unpaired) electrons. The Kier molecular flexibility index (Phi) is 5.14. The Morgan fingerprint density at radius 3 is 3.00 bits per heavy atom. The molecule has 1 aromatic heterocycles. The van der Waals surface area contributed by atoms with Crippen molar-refractivity contribution >= 4 is 23.3 Å². The number of anilines is 2. The summed E-state index contributed by atoms with van der Waals surface area (Å²) in [6.07, 6.45) is 6.58. The second kappa shape index (κ2) is 7.88. The minimum absolute atomic E-state index is 0.0251. The Balaban J connectivity index is 1.54. The van der Waals surface area contributed by atoms with Crippen LogP contribution in [0.3, 0.4) is 0 Å². The van der Waals surface area contributed by atoms with Crippen LogP contribution < -0.4 is 15.0 Å². The predicted octanol–water partition coefficient (Wildman–Crippen LogP) is 3.59. The highest BCUT2D eigenvalue weighted by Gasteiger charge is 2.29. The molecule has 1 fully saturated rings. The molecule has 0 bridgehead atoms. The van der Waals surface area contributed by atoms with Crippen LogP contribution in [0.25, 0.3) is 0 Å². The van der Waals surface area contributed by atoms with Crippen molar-refractivity contribution < 1.29 is 14.3 Å². The van der Waals surface area contributed by atoms with Gasteiger partial charge in [-0.05, 0) is 56.0 Å². The highest BCUT2D eigenvalue weighted by atomic mass is 16.5. The van der Waals surface area contributed by atoms with Crippen LogP contribution in [-0.2, 0) is 4.79 Å². The fourth-order valence-corrected chi connectivity index (χ4v) is 3.92. The molecule has 0 unspecified atom stereocenters. The average molecular weight is 380 g/mol. The van der Waals surface area contributed by atoms with Crippen LogP contribution in [-0.4, -0.2) is 41.5 Å². The Morgan fingerprint density at radius 2 is 2.21 bits per heavy atom. The first kappa shape index (κ1) is 18.3. The molecular weight excluding hydrogens is 356 g/mol. The monoisotopic (exact) mass is 380 g/mol. The first-order valence-electron chi connectivity index (χ1n) is 9.72. The van der Waals surface area contributed by atoms with Gasteiger partial charge in [0.25, 0.3) is 5.91 Å². The van der Waals surface area contributed by atoms with Crippen molar-refractivity contribution in [2.24, 2.45) is 0 Å². The van der Waals surface area contributed by atoms with Gasteiger partial charge in [0.2, 0.25) is 0 Å². The molecule has 2 aromatic rings. The summed E-state index contributed by atoms with van der Waals surface area (Å²) in [5.41, 5.74) is 2.40. The number of fused-ring (bicyclic) bond motifs is 1. The third kappa shape index (κ3) is 3.52. The number of hydrogen-bond donors (Lipinski definition) is 1. The topological polar surface area (TPSA) is 74.8 Å². The Morgan fingerprint density at radius 1 is 1.32 bits per heavy atom. The van der Waals surface area contributed by atoms with Gasteiger partial charge in [-0.15, -0.1) is 0 Å². The minimum Gasteiger partial charge on any atom is -0.482 e. The number of amides is 3. The average Bonchev–Trinajstić information content (AvgIpc) is 2.74. The van der Waals surface area contributed by atoms with Crippen molar-refractivity contribution in [3.63, 3.8) is 0 Å². The smallest absolute Gasteiger partial charge is 0.322 e. The molecule has 7 heteroatoms. The molecule has 3 amide bonds. The number of likely N-dealkylation sites (tertiary alicyclic amines) is 1. The van der Waals surface area contributed by atoms with Crippen molar-refractivity contribution in [3.05, 3.63) is 48.3 Å². The van der Waals surface area contributed by atoms with Crippen molar-refractivity contribution in [2.45, 2.75) is 32.2 Å². The lowest BCUT2D eigenvalue weighted by molar-refractivity contribution is -0.121. The zero-order valence-corrected chi connectivity index (χ0v) is 15.9. The number of nitrogens with one attached hydrogen (secondary N) is 1. The molecule has 1 aromatic carbocycles. The summed E-state index contributed by atoms with van der Waals surface area (Å²) in [6, 6.07) is 9.22. The Bertz CT molecular complexity index is 871. The summed E-state index contributed by atoms with van der Waals surface area (Å²) in [6.45, 7) is 3.23. The maximum Gasteiger partial charge on any atom is 0.322 e. The lowest BCUT2D eigenvalue weighted by Gasteiger charge is -2.36.